The van der Waals surface area contributed by atoms with Gasteiger partial charge in [0, 0.05) is 0 Å². The Bertz CT molecular complexity index is 1600. The second-order valence-corrected chi connectivity index (χ2v) is 11.1. The summed E-state index contributed by atoms with van der Waals surface area (Å²) in [5.74, 6) is 0.325. The van der Waals surface area contributed by atoms with Gasteiger partial charge in [-0.05, 0) is 78.1 Å². The lowest BCUT2D eigenvalue weighted by Crippen LogP contribution is -2.31. The third kappa shape index (κ3) is 6.76. The molecule has 0 aliphatic carbocycles. The van der Waals surface area contributed by atoms with Crippen molar-refractivity contribution in [3.8, 4) is 11.5 Å². The Kier molecular flexibility index (Phi) is 8.58. The maximum absolute atomic E-state index is 14.0. The summed E-state index contributed by atoms with van der Waals surface area (Å²) >= 11 is 0. The van der Waals surface area contributed by atoms with Gasteiger partial charge in [-0.3, -0.25) is 0 Å². The topological polar surface area (TPSA) is 59.1 Å². The van der Waals surface area contributed by atoms with Crippen molar-refractivity contribution in [2.45, 2.75) is 33.1 Å². The molecule has 0 unspecified atom stereocenters. The van der Waals surface area contributed by atoms with Gasteiger partial charge in [-0.15, -0.1) is 0 Å². The fourth-order valence-corrected chi connectivity index (χ4v) is 4.68. The van der Waals surface area contributed by atoms with E-state index in [9.17, 15) is 9.59 Å². The van der Waals surface area contributed by atoms with Crippen LogP contribution < -0.4 is 19.3 Å². The average molecular weight is 571 g/mol. The number of amides is 2. The van der Waals surface area contributed by atoms with Gasteiger partial charge in [-0.2, -0.15) is 0 Å². The van der Waals surface area contributed by atoms with Crippen molar-refractivity contribution >= 4 is 34.9 Å². The second-order valence-electron chi connectivity index (χ2n) is 11.1. The van der Waals surface area contributed by atoms with Crippen LogP contribution in [0.15, 0.2) is 133 Å². The summed E-state index contributed by atoms with van der Waals surface area (Å²) in [6.45, 7) is 8.07. The van der Waals surface area contributed by atoms with Gasteiger partial charge < -0.3 is 9.47 Å². The first-order valence-corrected chi connectivity index (χ1v) is 14.1. The molecule has 2 amide bonds. The van der Waals surface area contributed by atoms with E-state index in [-0.39, 0.29) is 16.9 Å². The van der Waals surface area contributed by atoms with Crippen LogP contribution in [0.5, 0.6) is 11.5 Å². The Morgan fingerprint density at radius 1 is 0.535 bits per heavy atom. The number of carbonyl (C=O) groups is 2. The van der Waals surface area contributed by atoms with E-state index in [4.69, 9.17) is 9.47 Å². The van der Waals surface area contributed by atoms with Crippen LogP contribution in [-0.2, 0) is 5.41 Å². The first-order valence-electron chi connectivity index (χ1n) is 14.1. The highest BCUT2D eigenvalue weighted by molar-refractivity contribution is 5.99. The summed E-state index contributed by atoms with van der Waals surface area (Å²) < 4.78 is 12.2. The Balaban J connectivity index is 1.56. The van der Waals surface area contributed by atoms with E-state index in [1.54, 1.807) is 6.07 Å². The number of aryl methyl sites for hydroxylation is 1. The van der Waals surface area contributed by atoms with Crippen LogP contribution in [0, 0.1) is 6.92 Å². The van der Waals surface area contributed by atoms with Gasteiger partial charge >= 0.3 is 12.2 Å². The van der Waals surface area contributed by atoms with Gasteiger partial charge in [0.2, 0.25) is 0 Å². The molecule has 6 nitrogen and oxygen atoms in total. The molecule has 0 radical (unpaired) electrons. The lowest BCUT2D eigenvalue weighted by Gasteiger charge is -2.27. The van der Waals surface area contributed by atoms with E-state index in [0.717, 1.165) is 5.56 Å². The van der Waals surface area contributed by atoms with E-state index >= 15 is 0 Å². The number of para-hydroxylation sites is 4. The lowest BCUT2D eigenvalue weighted by molar-refractivity contribution is 0.199. The number of nitrogens with zero attached hydrogens (tertiary/aromatic N) is 2. The molecule has 0 saturated carbocycles. The van der Waals surface area contributed by atoms with E-state index in [0.29, 0.717) is 28.3 Å². The van der Waals surface area contributed by atoms with Crippen molar-refractivity contribution in [3.05, 3.63) is 145 Å². The van der Waals surface area contributed by atoms with Crippen LogP contribution in [0.4, 0.5) is 32.3 Å². The molecule has 0 fully saturated rings. The van der Waals surface area contributed by atoms with Crippen molar-refractivity contribution in [2.75, 3.05) is 9.80 Å². The molecule has 0 spiro atoms. The Morgan fingerprint density at radius 3 is 1.23 bits per heavy atom. The summed E-state index contributed by atoms with van der Waals surface area (Å²) in [5, 5.41) is 0. The number of hydrogen-bond acceptors (Lipinski definition) is 4. The molecule has 0 aliphatic rings. The predicted octanol–water partition coefficient (Wildman–Crippen LogP) is 9.97. The van der Waals surface area contributed by atoms with E-state index < -0.39 is 12.2 Å². The van der Waals surface area contributed by atoms with Gasteiger partial charge in [0.15, 0.2) is 11.5 Å². The van der Waals surface area contributed by atoms with Gasteiger partial charge in [-0.1, -0.05) is 99.6 Å². The molecule has 5 aromatic carbocycles. The lowest BCUT2D eigenvalue weighted by atomic mass is 9.86. The van der Waals surface area contributed by atoms with E-state index in [1.807, 2.05) is 134 Å². The fourth-order valence-electron chi connectivity index (χ4n) is 4.68. The molecule has 5 aromatic rings. The quantitative estimate of drug-likeness (QED) is 0.204. The highest BCUT2D eigenvalue weighted by Gasteiger charge is 2.28. The van der Waals surface area contributed by atoms with Crippen molar-refractivity contribution in [1.82, 2.24) is 0 Å². The zero-order valence-electron chi connectivity index (χ0n) is 24.7. The molecule has 0 bridgehead atoms. The molecular weight excluding hydrogens is 536 g/mol. The third-order valence-corrected chi connectivity index (χ3v) is 6.92. The van der Waals surface area contributed by atoms with Crippen LogP contribution >= 0.6 is 0 Å². The predicted molar refractivity (Wildman–Crippen MR) is 172 cm³/mol. The summed E-state index contributed by atoms with van der Waals surface area (Å²) in [4.78, 5) is 30.8. The van der Waals surface area contributed by atoms with Crippen LogP contribution in [0.3, 0.4) is 0 Å². The summed E-state index contributed by atoms with van der Waals surface area (Å²) in [5.41, 5.74) is 3.89. The zero-order chi connectivity index (χ0) is 30.4. The van der Waals surface area contributed by atoms with Gasteiger partial charge in [0.25, 0.3) is 0 Å². The van der Waals surface area contributed by atoms with Gasteiger partial charge in [-0.25, -0.2) is 19.4 Å². The molecule has 5 rings (SSSR count). The number of benzene rings is 5. The third-order valence-electron chi connectivity index (χ3n) is 6.92. The van der Waals surface area contributed by atoms with E-state index in [1.165, 1.54) is 9.80 Å². The minimum absolute atomic E-state index is 0.154. The molecule has 0 atom stereocenters. The number of rotatable bonds is 6. The minimum atomic E-state index is -0.636. The van der Waals surface area contributed by atoms with Crippen LogP contribution in [0.25, 0.3) is 0 Å². The van der Waals surface area contributed by atoms with Crippen molar-refractivity contribution in [2.24, 2.45) is 0 Å². The molecular formula is C37H34N2O4. The summed E-state index contributed by atoms with van der Waals surface area (Å²) in [6, 6.07) is 40.8. The van der Waals surface area contributed by atoms with Crippen LogP contribution in [0.1, 0.15) is 31.9 Å². The molecule has 6 heteroatoms. The maximum Gasteiger partial charge on any atom is 0.424 e. The normalized spacial score (nSPS) is 11.0. The smallest absolute Gasteiger partial charge is 0.406 e. The monoisotopic (exact) mass is 570 g/mol. The van der Waals surface area contributed by atoms with Gasteiger partial charge in [0.1, 0.15) is 0 Å². The molecule has 0 saturated heterocycles. The Hall–Kier alpha value is -5.36. The Morgan fingerprint density at radius 2 is 0.884 bits per heavy atom. The van der Waals surface area contributed by atoms with Crippen LogP contribution in [-0.4, -0.2) is 12.2 Å². The number of ether oxygens (including phenoxy) is 2. The molecule has 0 aromatic heterocycles. The molecule has 216 valence electrons. The zero-order valence-corrected chi connectivity index (χ0v) is 24.7. The SMILES string of the molecule is Cc1cc(C(C)(C)C)cc(OC(=O)N(c2ccccc2)c2ccccc2)c1OC(=O)N(c1ccccc1)c1ccccc1. The van der Waals surface area contributed by atoms with E-state index in [2.05, 4.69) is 20.8 Å². The summed E-state index contributed by atoms with van der Waals surface area (Å²) in [7, 11) is 0. The maximum atomic E-state index is 14.0. The highest BCUT2D eigenvalue weighted by atomic mass is 16.6. The number of carbonyl (C=O) groups excluding carboxylic acids is 2. The highest BCUT2D eigenvalue weighted by Crippen LogP contribution is 2.39. The van der Waals surface area contributed by atoms with Crippen LogP contribution in [0.2, 0.25) is 0 Å². The molecule has 0 N–H and O–H groups in total. The number of hydrogen-bond donors (Lipinski definition) is 0. The molecule has 0 heterocycles. The van der Waals surface area contributed by atoms with Crippen molar-refractivity contribution in [3.63, 3.8) is 0 Å². The average Bonchev–Trinajstić information content (AvgIpc) is 3.01. The summed E-state index contributed by atoms with van der Waals surface area (Å²) in [6.07, 6.45) is -1.27. The second kappa shape index (κ2) is 12.7. The standard InChI is InChI=1S/C37H34N2O4/c1-27-25-28(37(2,3)4)26-33(42-35(40)38(29-17-9-5-10-18-29)30-19-11-6-12-20-30)34(27)43-36(41)39(31-21-13-7-14-22-31)32-23-15-8-16-24-32/h5-26H,1-4H3. The minimum Gasteiger partial charge on any atom is -0.406 e. The molecule has 0 aliphatic heterocycles. The van der Waals surface area contributed by atoms with Gasteiger partial charge in [0.05, 0.1) is 22.7 Å². The van der Waals surface area contributed by atoms with Crippen molar-refractivity contribution < 1.29 is 19.1 Å². The Labute approximate surface area is 252 Å². The largest absolute Gasteiger partial charge is 0.424 e. The fraction of sp³-hybridized carbons (Fsp3) is 0.135. The molecule has 43 heavy (non-hydrogen) atoms. The number of anilines is 4. The van der Waals surface area contributed by atoms with Crippen molar-refractivity contribution in [1.29, 1.82) is 0 Å². The first-order chi connectivity index (χ1) is 20.7. The first kappa shape index (κ1) is 29.1.